The van der Waals surface area contributed by atoms with Gasteiger partial charge in [-0.1, -0.05) is 13.8 Å². The van der Waals surface area contributed by atoms with Crippen LogP contribution in [-0.2, 0) is 9.53 Å². The van der Waals surface area contributed by atoms with E-state index in [2.05, 4.69) is 25.7 Å². The molecule has 17 heavy (non-hydrogen) atoms. The van der Waals surface area contributed by atoms with Gasteiger partial charge in [0.05, 0.1) is 6.61 Å². The van der Waals surface area contributed by atoms with Crippen LogP contribution in [-0.4, -0.2) is 42.1 Å². The third-order valence-electron chi connectivity index (χ3n) is 3.28. The maximum absolute atomic E-state index is 11.6. The van der Waals surface area contributed by atoms with Gasteiger partial charge in [-0.2, -0.15) is 0 Å². The smallest absolute Gasteiger partial charge is 0.325 e. The number of esters is 1. The molecule has 0 aromatic heterocycles. The number of carbonyl (C=O) groups is 1. The van der Waals surface area contributed by atoms with Crippen molar-refractivity contribution in [1.29, 1.82) is 0 Å². The zero-order chi connectivity index (χ0) is 13.5. The van der Waals surface area contributed by atoms with E-state index in [9.17, 15) is 4.79 Å². The molecule has 0 aliphatic rings. The van der Waals surface area contributed by atoms with Gasteiger partial charge in [-0.3, -0.25) is 4.79 Å². The first kappa shape index (κ1) is 16.4. The molecule has 102 valence electrons. The predicted molar refractivity (Wildman–Crippen MR) is 70.8 cm³/mol. The van der Waals surface area contributed by atoms with Gasteiger partial charge >= 0.3 is 5.97 Å². The lowest BCUT2D eigenvalue weighted by Crippen LogP contribution is -2.49. The minimum Gasteiger partial charge on any atom is -0.465 e. The number of carbonyl (C=O) groups excluding carboxylic acids is 1. The molecule has 0 saturated heterocycles. The third kappa shape index (κ3) is 5.50. The Hall–Kier alpha value is -0.610. The first-order valence-electron chi connectivity index (χ1n) is 6.59. The summed E-state index contributed by atoms with van der Waals surface area (Å²) in [6, 6.07) is 0.526. The van der Waals surface area contributed by atoms with Gasteiger partial charge in [-0.25, -0.2) is 0 Å². The van der Waals surface area contributed by atoms with Crippen LogP contribution in [0.2, 0.25) is 0 Å². The Bertz CT molecular complexity index is 229. The van der Waals surface area contributed by atoms with Crippen LogP contribution in [0.25, 0.3) is 0 Å². The molecule has 0 rings (SSSR count). The number of nitrogens with two attached hydrogens (primary N) is 1. The van der Waals surface area contributed by atoms with E-state index in [1.807, 2.05) is 0 Å². The SMILES string of the molecule is CCOC(=O)C(C)(N)CCN(CC)C(C)CC. The quantitative estimate of drug-likeness (QED) is 0.661. The fourth-order valence-corrected chi connectivity index (χ4v) is 1.72. The molecule has 0 heterocycles. The molecular weight excluding hydrogens is 216 g/mol. The summed E-state index contributed by atoms with van der Waals surface area (Å²) in [6.07, 6.45) is 1.73. The Labute approximate surface area is 105 Å². The van der Waals surface area contributed by atoms with E-state index in [0.717, 1.165) is 19.5 Å². The van der Waals surface area contributed by atoms with E-state index >= 15 is 0 Å². The molecule has 0 aliphatic carbocycles. The fraction of sp³-hybridized carbons (Fsp3) is 0.923. The largest absolute Gasteiger partial charge is 0.465 e. The van der Waals surface area contributed by atoms with Crippen molar-refractivity contribution < 1.29 is 9.53 Å². The minimum absolute atomic E-state index is 0.305. The van der Waals surface area contributed by atoms with Crippen molar-refractivity contribution in [2.45, 2.75) is 59.0 Å². The van der Waals surface area contributed by atoms with Crippen LogP contribution in [0.3, 0.4) is 0 Å². The maximum Gasteiger partial charge on any atom is 0.325 e. The van der Waals surface area contributed by atoms with Crippen LogP contribution in [0.4, 0.5) is 0 Å². The molecule has 2 unspecified atom stereocenters. The predicted octanol–water partition coefficient (Wildman–Crippen LogP) is 1.78. The number of nitrogens with zero attached hydrogens (tertiary/aromatic N) is 1. The Morgan fingerprint density at radius 1 is 1.41 bits per heavy atom. The Morgan fingerprint density at radius 3 is 2.41 bits per heavy atom. The molecule has 2 N–H and O–H groups in total. The Kier molecular flexibility index (Phi) is 7.39. The average Bonchev–Trinajstić information content (AvgIpc) is 2.29. The molecule has 0 spiro atoms. The summed E-state index contributed by atoms with van der Waals surface area (Å²) < 4.78 is 4.98. The highest BCUT2D eigenvalue weighted by Gasteiger charge is 2.30. The van der Waals surface area contributed by atoms with Crippen LogP contribution in [0.15, 0.2) is 0 Å². The fourth-order valence-electron chi connectivity index (χ4n) is 1.72. The third-order valence-corrected chi connectivity index (χ3v) is 3.28. The van der Waals surface area contributed by atoms with Gasteiger partial charge in [-0.05, 0) is 40.2 Å². The van der Waals surface area contributed by atoms with Crippen LogP contribution < -0.4 is 5.73 Å². The lowest BCUT2D eigenvalue weighted by molar-refractivity contribution is -0.149. The molecule has 2 atom stereocenters. The van der Waals surface area contributed by atoms with Gasteiger partial charge in [0.1, 0.15) is 5.54 Å². The van der Waals surface area contributed by atoms with Crippen molar-refractivity contribution in [2.75, 3.05) is 19.7 Å². The van der Waals surface area contributed by atoms with Gasteiger partial charge in [0.25, 0.3) is 0 Å². The lowest BCUT2D eigenvalue weighted by atomic mass is 9.98. The summed E-state index contributed by atoms with van der Waals surface area (Å²) in [5.41, 5.74) is 5.11. The minimum atomic E-state index is -0.878. The van der Waals surface area contributed by atoms with Gasteiger partial charge < -0.3 is 15.4 Å². The molecule has 4 nitrogen and oxygen atoms in total. The molecule has 0 saturated carbocycles. The average molecular weight is 244 g/mol. The van der Waals surface area contributed by atoms with Gasteiger partial charge in [-0.15, -0.1) is 0 Å². The van der Waals surface area contributed by atoms with E-state index < -0.39 is 5.54 Å². The molecule has 0 aromatic carbocycles. The Morgan fingerprint density at radius 2 is 2.00 bits per heavy atom. The normalized spacial score (nSPS) is 16.6. The molecule has 0 aromatic rings. The molecule has 0 aliphatic heterocycles. The van der Waals surface area contributed by atoms with Crippen LogP contribution >= 0.6 is 0 Å². The molecule has 0 bridgehead atoms. The summed E-state index contributed by atoms with van der Waals surface area (Å²) in [5, 5.41) is 0. The summed E-state index contributed by atoms with van der Waals surface area (Å²) in [6.45, 7) is 12.2. The summed E-state index contributed by atoms with van der Waals surface area (Å²) in [5.74, 6) is -0.305. The summed E-state index contributed by atoms with van der Waals surface area (Å²) in [7, 11) is 0. The van der Waals surface area contributed by atoms with Gasteiger partial charge in [0, 0.05) is 12.6 Å². The van der Waals surface area contributed by atoms with Crippen molar-refractivity contribution in [3.8, 4) is 0 Å². The molecule has 0 fully saturated rings. The number of hydrogen-bond donors (Lipinski definition) is 1. The molecule has 0 radical (unpaired) electrons. The van der Waals surface area contributed by atoms with Gasteiger partial charge in [0.2, 0.25) is 0 Å². The van der Waals surface area contributed by atoms with Crippen LogP contribution in [0, 0.1) is 0 Å². The monoisotopic (exact) mass is 244 g/mol. The molecule has 0 amide bonds. The first-order valence-corrected chi connectivity index (χ1v) is 6.59. The van der Waals surface area contributed by atoms with E-state index in [-0.39, 0.29) is 5.97 Å². The van der Waals surface area contributed by atoms with E-state index in [0.29, 0.717) is 19.1 Å². The van der Waals surface area contributed by atoms with Crippen molar-refractivity contribution in [1.82, 2.24) is 4.90 Å². The Balaban J connectivity index is 4.27. The second-order valence-electron chi connectivity index (χ2n) is 4.77. The lowest BCUT2D eigenvalue weighted by Gasteiger charge is -2.30. The van der Waals surface area contributed by atoms with Crippen molar-refractivity contribution in [2.24, 2.45) is 5.73 Å². The highest BCUT2D eigenvalue weighted by atomic mass is 16.5. The van der Waals surface area contributed by atoms with Crippen LogP contribution in [0.5, 0.6) is 0 Å². The summed E-state index contributed by atoms with van der Waals surface area (Å²) >= 11 is 0. The maximum atomic E-state index is 11.6. The zero-order valence-electron chi connectivity index (χ0n) is 12.0. The van der Waals surface area contributed by atoms with E-state index in [1.165, 1.54) is 0 Å². The van der Waals surface area contributed by atoms with Crippen molar-refractivity contribution in [3.63, 3.8) is 0 Å². The van der Waals surface area contributed by atoms with E-state index in [4.69, 9.17) is 10.5 Å². The van der Waals surface area contributed by atoms with Crippen molar-refractivity contribution in [3.05, 3.63) is 0 Å². The van der Waals surface area contributed by atoms with Gasteiger partial charge in [0.15, 0.2) is 0 Å². The second-order valence-corrected chi connectivity index (χ2v) is 4.77. The van der Waals surface area contributed by atoms with Crippen LogP contribution in [0.1, 0.15) is 47.5 Å². The van der Waals surface area contributed by atoms with E-state index in [1.54, 1.807) is 13.8 Å². The molecular formula is C13H28N2O2. The van der Waals surface area contributed by atoms with Crippen molar-refractivity contribution >= 4 is 5.97 Å². The highest BCUT2D eigenvalue weighted by molar-refractivity contribution is 5.79. The first-order chi connectivity index (χ1) is 7.88. The number of hydrogen-bond acceptors (Lipinski definition) is 4. The topological polar surface area (TPSA) is 55.6 Å². The number of rotatable bonds is 8. The molecule has 4 heteroatoms. The summed E-state index contributed by atoms with van der Waals surface area (Å²) in [4.78, 5) is 14.0. The highest BCUT2D eigenvalue weighted by Crippen LogP contribution is 2.12. The second kappa shape index (κ2) is 7.67. The number of ether oxygens (including phenoxy) is 1. The standard InChI is InChI=1S/C13H28N2O2/c1-6-11(4)15(7-2)10-9-13(5,14)12(16)17-8-3/h11H,6-10,14H2,1-5H3. The zero-order valence-corrected chi connectivity index (χ0v) is 12.0.